The molecule has 0 radical (unpaired) electrons. The van der Waals surface area contributed by atoms with Gasteiger partial charge < -0.3 is 10.6 Å². The summed E-state index contributed by atoms with van der Waals surface area (Å²) in [7, 11) is 2.05. The Morgan fingerprint density at radius 3 is 2.75 bits per heavy atom. The number of carbonyl (C=O) groups excluding carboxylic acids is 1. The molecule has 4 heteroatoms. The zero-order valence-corrected chi connectivity index (χ0v) is 7.79. The summed E-state index contributed by atoms with van der Waals surface area (Å²) >= 11 is 0. The molecular formula is C8H17N3O. The molecule has 0 spiro atoms. The second-order valence-electron chi connectivity index (χ2n) is 3.34. The Labute approximate surface area is 73.3 Å². The zero-order chi connectivity index (χ0) is 9.14. The third kappa shape index (κ3) is 1.95. The molecule has 4 nitrogen and oxygen atoms in total. The first kappa shape index (κ1) is 9.48. The number of amides is 1. The van der Waals surface area contributed by atoms with Crippen LogP contribution in [0.15, 0.2) is 0 Å². The number of carbonyl (C=O) groups is 1. The van der Waals surface area contributed by atoms with E-state index >= 15 is 0 Å². The molecule has 1 unspecified atom stereocenters. The van der Waals surface area contributed by atoms with Crippen molar-refractivity contribution in [2.75, 3.05) is 33.2 Å². The van der Waals surface area contributed by atoms with Gasteiger partial charge in [-0.15, -0.1) is 0 Å². The van der Waals surface area contributed by atoms with Crippen molar-refractivity contribution in [3.8, 4) is 0 Å². The van der Waals surface area contributed by atoms with Gasteiger partial charge in [-0.25, -0.2) is 0 Å². The van der Waals surface area contributed by atoms with Crippen LogP contribution in [0.2, 0.25) is 0 Å². The molecule has 0 aromatic rings. The van der Waals surface area contributed by atoms with Crippen LogP contribution in [-0.4, -0.2) is 55.0 Å². The summed E-state index contributed by atoms with van der Waals surface area (Å²) in [5, 5.41) is 0. The molecule has 1 aliphatic rings. The molecule has 1 heterocycles. The molecule has 1 fully saturated rings. The number of nitrogens with two attached hydrogens (primary N) is 1. The van der Waals surface area contributed by atoms with Crippen molar-refractivity contribution in [1.29, 1.82) is 0 Å². The lowest BCUT2D eigenvalue weighted by molar-refractivity contribution is -0.131. The molecule has 70 valence electrons. The number of hydrogen-bond donors (Lipinski definition) is 1. The van der Waals surface area contributed by atoms with Gasteiger partial charge in [0.15, 0.2) is 0 Å². The molecule has 0 aromatic carbocycles. The van der Waals surface area contributed by atoms with Gasteiger partial charge in [-0.2, -0.15) is 0 Å². The van der Waals surface area contributed by atoms with Crippen LogP contribution in [0.3, 0.4) is 0 Å². The Hall–Kier alpha value is -0.610. The van der Waals surface area contributed by atoms with Crippen LogP contribution in [0.5, 0.6) is 0 Å². The number of likely N-dealkylation sites (N-methyl/N-ethyl adjacent to an activating group) is 1. The first-order chi connectivity index (χ1) is 5.65. The van der Waals surface area contributed by atoms with Gasteiger partial charge in [0.25, 0.3) is 0 Å². The van der Waals surface area contributed by atoms with E-state index in [9.17, 15) is 4.79 Å². The van der Waals surface area contributed by atoms with Gasteiger partial charge in [0.05, 0.1) is 0 Å². The maximum atomic E-state index is 11.0. The third-order valence-electron chi connectivity index (χ3n) is 2.49. The number of hydrogen-bond acceptors (Lipinski definition) is 3. The molecule has 1 saturated heterocycles. The molecule has 1 aliphatic heterocycles. The minimum Gasteiger partial charge on any atom is -0.340 e. The number of piperazine rings is 1. The van der Waals surface area contributed by atoms with Crippen molar-refractivity contribution in [3.05, 3.63) is 0 Å². The molecule has 0 aliphatic carbocycles. The van der Waals surface area contributed by atoms with Gasteiger partial charge >= 0.3 is 0 Å². The Morgan fingerprint density at radius 1 is 1.58 bits per heavy atom. The van der Waals surface area contributed by atoms with E-state index in [0.29, 0.717) is 12.6 Å². The Bertz CT molecular complexity index is 172. The van der Waals surface area contributed by atoms with Crippen molar-refractivity contribution < 1.29 is 4.79 Å². The fourth-order valence-electron chi connectivity index (χ4n) is 1.49. The lowest BCUT2D eigenvalue weighted by atomic mass is 10.2. The fraction of sp³-hybridized carbons (Fsp3) is 0.875. The third-order valence-corrected chi connectivity index (χ3v) is 2.49. The normalized spacial score (nSPS) is 25.9. The summed E-state index contributed by atoms with van der Waals surface area (Å²) in [5.74, 6) is 0.154. The molecular weight excluding hydrogens is 154 g/mol. The van der Waals surface area contributed by atoms with Crippen LogP contribution >= 0.6 is 0 Å². The maximum Gasteiger partial charge on any atom is 0.219 e. The minimum absolute atomic E-state index is 0.154. The molecule has 2 N–H and O–H groups in total. The van der Waals surface area contributed by atoms with Gasteiger partial charge in [-0.3, -0.25) is 9.69 Å². The van der Waals surface area contributed by atoms with E-state index < -0.39 is 0 Å². The quantitative estimate of drug-likeness (QED) is 0.556. The first-order valence-electron chi connectivity index (χ1n) is 4.31. The highest BCUT2D eigenvalue weighted by molar-refractivity contribution is 5.73. The Balaban J connectivity index is 2.49. The average molecular weight is 171 g/mol. The van der Waals surface area contributed by atoms with Crippen LogP contribution in [0.25, 0.3) is 0 Å². The molecule has 1 rings (SSSR count). The second-order valence-corrected chi connectivity index (χ2v) is 3.34. The Morgan fingerprint density at radius 2 is 2.25 bits per heavy atom. The van der Waals surface area contributed by atoms with Crippen molar-refractivity contribution in [1.82, 2.24) is 9.80 Å². The summed E-state index contributed by atoms with van der Waals surface area (Å²) in [6.07, 6.45) is 0. The van der Waals surface area contributed by atoms with E-state index in [2.05, 4.69) is 11.9 Å². The molecule has 1 atom stereocenters. The fourth-order valence-corrected chi connectivity index (χ4v) is 1.49. The van der Waals surface area contributed by atoms with Gasteiger partial charge in [-0.1, -0.05) is 0 Å². The van der Waals surface area contributed by atoms with Crippen molar-refractivity contribution in [2.45, 2.75) is 13.0 Å². The van der Waals surface area contributed by atoms with Gasteiger partial charge in [0.1, 0.15) is 0 Å². The molecule has 0 bridgehead atoms. The topological polar surface area (TPSA) is 49.6 Å². The largest absolute Gasteiger partial charge is 0.340 e. The molecule has 1 amide bonds. The highest BCUT2D eigenvalue weighted by Crippen LogP contribution is 2.06. The smallest absolute Gasteiger partial charge is 0.219 e. The van der Waals surface area contributed by atoms with E-state index in [4.69, 9.17) is 5.73 Å². The van der Waals surface area contributed by atoms with Gasteiger partial charge in [0.2, 0.25) is 5.91 Å². The van der Waals surface area contributed by atoms with Crippen LogP contribution in [0, 0.1) is 0 Å². The maximum absolute atomic E-state index is 11.0. The van der Waals surface area contributed by atoms with Crippen LogP contribution in [0.4, 0.5) is 0 Å². The van der Waals surface area contributed by atoms with E-state index in [-0.39, 0.29) is 5.91 Å². The van der Waals surface area contributed by atoms with E-state index in [1.54, 1.807) is 6.92 Å². The van der Waals surface area contributed by atoms with E-state index in [1.165, 1.54) is 0 Å². The van der Waals surface area contributed by atoms with Crippen LogP contribution in [-0.2, 0) is 4.79 Å². The van der Waals surface area contributed by atoms with Crippen molar-refractivity contribution in [2.24, 2.45) is 5.73 Å². The lowest BCUT2D eigenvalue weighted by Gasteiger charge is -2.38. The summed E-state index contributed by atoms with van der Waals surface area (Å²) < 4.78 is 0. The molecule has 0 saturated carbocycles. The van der Waals surface area contributed by atoms with Crippen LogP contribution in [0.1, 0.15) is 6.92 Å². The predicted molar refractivity (Wildman–Crippen MR) is 47.7 cm³/mol. The SMILES string of the molecule is CC(=O)N1CCN(C)C(CN)C1. The highest BCUT2D eigenvalue weighted by Gasteiger charge is 2.23. The summed E-state index contributed by atoms with van der Waals surface area (Å²) in [6.45, 7) is 4.78. The predicted octanol–water partition coefficient (Wildman–Crippen LogP) is -0.892. The van der Waals surface area contributed by atoms with E-state index in [1.807, 2.05) is 4.90 Å². The number of nitrogens with zero attached hydrogens (tertiary/aromatic N) is 2. The zero-order valence-electron chi connectivity index (χ0n) is 7.79. The monoisotopic (exact) mass is 171 g/mol. The second kappa shape index (κ2) is 3.87. The summed E-state index contributed by atoms with van der Waals surface area (Å²) in [6, 6.07) is 0.336. The minimum atomic E-state index is 0.154. The lowest BCUT2D eigenvalue weighted by Crippen LogP contribution is -2.55. The first-order valence-corrected chi connectivity index (χ1v) is 4.31. The van der Waals surface area contributed by atoms with Gasteiger partial charge in [0, 0.05) is 39.1 Å². The standard InChI is InChI=1S/C8H17N3O/c1-7(12)11-4-3-10(2)8(5-9)6-11/h8H,3-6,9H2,1-2H3. The summed E-state index contributed by atoms with van der Waals surface area (Å²) in [4.78, 5) is 15.1. The highest BCUT2D eigenvalue weighted by atomic mass is 16.2. The average Bonchev–Trinajstić information content (AvgIpc) is 2.05. The molecule has 0 aromatic heterocycles. The summed E-state index contributed by atoms with van der Waals surface area (Å²) in [5.41, 5.74) is 5.58. The number of rotatable bonds is 1. The molecule has 12 heavy (non-hydrogen) atoms. The van der Waals surface area contributed by atoms with Crippen molar-refractivity contribution in [3.63, 3.8) is 0 Å². The van der Waals surface area contributed by atoms with Gasteiger partial charge in [-0.05, 0) is 7.05 Å². The van der Waals surface area contributed by atoms with Crippen molar-refractivity contribution >= 4 is 5.91 Å². The Kier molecular flexibility index (Phi) is 3.05. The van der Waals surface area contributed by atoms with E-state index in [0.717, 1.165) is 19.6 Å². The van der Waals surface area contributed by atoms with Crippen LogP contribution < -0.4 is 5.73 Å².